The molecule has 4 aliphatic carbocycles. The van der Waals surface area contributed by atoms with Crippen molar-refractivity contribution in [2.75, 3.05) is 0 Å². The van der Waals surface area contributed by atoms with Crippen molar-refractivity contribution in [2.45, 2.75) is 83.3 Å². The minimum atomic E-state index is -6.78. The lowest BCUT2D eigenvalue weighted by atomic mass is 9.48. The summed E-state index contributed by atoms with van der Waals surface area (Å²) in [7, 11) is -6.80. The molecule has 4 fully saturated rings. The van der Waals surface area contributed by atoms with Crippen molar-refractivity contribution in [2.24, 2.45) is 17.3 Å². The van der Waals surface area contributed by atoms with Crippen LogP contribution in [-0.2, 0) is 40.1 Å². The topological polar surface area (TPSA) is 110 Å². The molecule has 7 rings (SSSR count). The first-order valence-electron chi connectivity index (χ1n) is 15.8. The highest BCUT2D eigenvalue weighted by Crippen LogP contribution is 2.63. The minimum Gasteiger partial charge on any atom is -0.743 e. The van der Waals surface area contributed by atoms with Crippen LogP contribution >= 0.6 is 0 Å². The van der Waals surface area contributed by atoms with Crippen LogP contribution in [0.15, 0.2) is 118 Å². The fourth-order valence-electron chi connectivity index (χ4n) is 7.59. The van der Waals surface area contributed by atoms with Crippen molar-refractivity contribution in [3.05, 3.63) is 103 Å². The molecule has 7 nitrogen and oxygen atoms in total. The van der Waals surface area contributed by atoms with Gasteiger partial charge >= 0.3 is 23.4 Å². The maximum Gasteiger partial charge on any atom is 0.432 e. The van der Waals surface area contributed by atoms with Crippen LogP contribution in [0.1, 0.15) is 45.4 Å². The molecule has 50 heavy (non-hydrogen) atoms. The van der Waals surface area contributed by atoms with Crippen molar-refractivity contribution in [1.82, 2.24) is 0 Å². The van der Waals surface area contributed by atoms with Crippen LogP contribution in [0.3, 0.4) is 0 Å². The second-order valence-electron chi connectivity index (χ2n) is 13.2. The van der Waals surface area contributed by atoms with E-state index in [1.54, 1.807) is 0 Å². The molecule has 4 saturated carbocycles. The summed E-state index contributed by atoms with van der Waals surface area (Å²) >= 11 is 0. The predicted octanol–water partition coefficient (Wildman–Crippen LogP) is 7.84. The second-order valence-corrected chi connectivity index (χ2v) is 16.7. The van der Waals surface area contributed by atoms with E-state index in [1.165, 1.54) is 21.6 Å². The zero-order valence-corrected chi connectivity index (χ0v) is 28.5. The third-order valence-electron chi connectivity index (χ3n) is 9.20. The lowest BCUT2D eigenvalue weighted by molar-refractivity contribution is -0.269. The Morgan fingerprint density at radius 3 is 1.60 bits per heavy atom. The highest BCUT2D eigenvalue weighted by atomic mass is 32.2. The number of esters is 2. The van der Waals surface area contributed by atoms with Gasteiger partial charge in [-0.1, -0.05) is 61.2 Å². The van der Waals surface area contributed by atoms with E-state index in [-0.39, 0.29) is 47.6 Å². The molecule has 4 bridgehead atoms. The fourth-order valence-corrected chi connectivity index (χ4v) is 10.1. The average Bonchev–Trinajstić information content (AvgIpc) is 3.03. The van der Waals surface area contributed by atoms with E-state index in [0.717, 1.165) is 0 Å². The SMILES string of the molecule is C=C(C)C(=O)OC12CC3CC(C1)CC(C(=O)OC(C(F)(F)F)C(F)(F)S(=O)(=O)[O-])(C3)C2.c1ccc([S+](c2ccccc2)c2ccccc2)cc1. The van der Waals surface area contributed by atoms with Crippen molar-refractivity contribution >= 4 is 33.0 Å². The van der Waals surface area contributed by atoms with Gasteiger partial charge in [0.1, 0.15) is 5.60 Å². The molecule has 0 aromatic heterocycles. The van der Waals surface area contributed by atoms with E-state index in [4.69, 9.17) is 4.74 Å². The number of rotatable bonds is 9. The molecular weight excluding hydrogens is 704 g/mol. The summed E-state index contributed by atoms with van der Waals surface area (Å²) in [5.41, 5.74) is -2.77. The van der Waals surface area contributed by atoms with Crippen LogP contribution < -0.4 is 0 Å². The molecule has 3 unspecified atom stereocenters. The zero-order valence-electron chi connectivity index (χ0n) is 26.9. The molecule has 3 aromatic carbocycles. The summed E-state index contributed by atoms with van der Waals surface area (Å²) in [4.78, 5) is 28.9. The van der Waals surface area contributed by atoms with Gasteiger partial charge in [-0.2, -0.15) is 22.0 Å². The molecule has 3 aromatic rings. The Labute approximate surface area is 290 Å². The van der Waals surface area contributed by atoms with Crippen LogP contribution in [-0.4, -0.2) is 48.0 Å². The van der Waals surface area contributed by atoms with Gasteiger partial charge in [0, 0.05) is 12.0 Å². The number of benzene rings is 3. The number of carbonyl (C=O) groups is 2. The second kappa shape index (κ2) is 14.1. The summed E-state index contributed by atoms with van der Waals surface area (Å²) in [5, 5.41) is -5.91. The molecule has 0 N–H and O–H groups in total. The Hall–Kier alpha value is -3.75. The smallest absolute Gasteiger partial charge is 0.432 e. The highest BCUT2D eigenvalue weighted by molar-refractivity contribution is 7.97. The first-order chi connectivity index (χ1) is 23.4. The van der Waals surface area contributed by atoms with E-state index in [0.29, 0.717) is 19.3 Å². The predicted molar refractivity (Wildman–Crippen MR) is 173 cm³/mol. The summed E-state index contributed by atoms with van der Waals surface area (Å²) < 4.78 is 109. The Bertz CT molecular complexity index is 1690. The van der Waals surface area contributed by atoms with Gasteiger partial charge in [0.25, 0.3) is 6.10 Å². The number of hydrogen-bond donors (Lipinski definition) is 0. The first-order valence-corrected chi connectivity index (χ1v) is 18.4. The van der Waals surface area contributed by atoms with Gasteiger partial charge in [-0.3, -0.25) is 4.79 Å². The van der Waals surface area contributed by atoms with Gasteiger partial charge in [-0.25, -0.2) is 13.2 Å². The number of alkyl halides is 5. The largest absolute Gasteiger partial charge is 0.743 e. The first kappa shape index (κ1) is 37.5. The van der Waals surface area contributed by atoms with Crippen LogP contribution in [0.4, 0.5) is 22.0 Å². The van der Waals surface area contributed by atoms with Crippen LogP contribution in [0, 0.1) is 17.3 Å². The van der Waals surface area contributed by atoms with Crippen molar-refractivity contribution in [3.63, 3.8) is 0 Å². The van der Waals surface area contributed by atoms with Gasteiger partial charge in [-0.05, 0) is 87.3 Å². The molecule has 0 heterocycles. The van der Waals surface area contributed by atoms with E-state index < -0.39 is 50.6 Å². The van der Waals surface area contributed by atoms with Crippen molar-refractivity contribution < 1.29 is 54.0 Å². The molecule has 268 valence electrons. The van der Waals surface area contributed by atoms with Crippen molar-refractivity contribution in [3.8, 4) is 0 Å². The molecule has 0 saturated heterocycles. The number of halogens is 5. The van der Waals surface area contributed by atoms with Crippen LogP contribution in [0.25, 0.3) is 0 Å². The van der Waals surface area contributed by atoms with Crippen LogP contribution in [0.5, 0.6) is 0 Å². The number of hydrogen-bond acceptors (Lipinski definition) is 7. The Kier molecular flexibility index (Phi) is 10.6. The molecule has 14 heteroatoms. The molecule has 0 spiro atoms. The van der Waals surface area contributed by atoms with Crippen LogP contribution in [0.2, 0.25) is 0 Å². The number of ether oxygens (including phenoxy) is 2. The molecule has 0 radical (unpaired) electrons. The molecular formula is C36H35F5O7S2. The van der Waals surface area contributed by atoms with Crippen molar-refractivity contribution in [1.29, 1.82) is 0 Å². The Morgan fingerprint density at radius 2 is 1.24 bits per heavy atom. The molecule has 0 aliphatic heterocycles. The molecule has 4 aliphatic rings. The summed E-state index contributed by atoms with van der Waals surface area (Å²) in [6.07, 6.45) is -9.33. The maximum absolute atomic E-state index is 13.8. The molecule has 3 atom stereocenters. The van der Waals surface area contributed by atoms with Gasteiger partial charge in [0.2, 0.25) is 0 Å². The lowest BCUT2D eigenvalue weighted by Crippen LogP contribution is -2.61. The number of carbonyl (C=O) groups excluding carboxylic acids is 2. The third kappa shape index (κ3) is 7.92. The van der Waals surface area contributed by atoms with E-state index >= 15 is 0 Å². The fraction of sp³-hybridized carbons (Fsp3) is 0.389. The Morgan fingerprint density at radius 1 is 0.820 bits per heavy atom. The highest BCUT2D eigenvalue weighted by Gasteiger charge is 2.67. The normalized spacial score (nSPS) is 24.9. The maximum atomic E-state index is 13.8. The zero-order chi connectivity index (χ0) is 36.5. The summed E-state index contributed by atoms with van der Waals surface area (Å²) in [6, 6.07) is 32.2. The molecule has 0 amide bonds. The monoisotopic (exact) mass is 738 g/mol. The summed E-state index contributed by atoms with van der Waals surface area (Å²) in [5.74, 6) is -2.87. The standard InChI is InChI=1S/C18H21F5O7S.C18H15S/c1-9(2)12(24)30-16-6-10-3-11(7-16)5-15(4-10,8-16)14(25)29-13(17(19,20)21)18(22,23)31(26,27)28;1-4-10-16(11-5-1)19(17-12-6-2-7-13-17)18-14-8-3-9-15-18/h10-11,13H,1,3-8H2,2H3,(H,26,27,28);1-15H/q;+1/p-1. The minimum absolute atomic E-state index is 0.0146. The summed E-state index contributed by atoms with van der Waals surface area (Å²) in [6.45, 7) is 4.86. The van der Waals surface area contributed by atoms with Gasteiger partial charge < -0.3 is 14.0 Å². The third-order valence-corrected chi connectivity index (χ3v) is 12.3. The van der Waals surface area contributed by atoms with E-state index in [9.17, 15) is 44.5 Å². The quantitative estimate of drug-likeness (QED) is 0.0724. The van der Waals surface area contributed by atoms with E-state index in [1.807, 2.05) is 0 Å². The Balaban J connectivity index is 0.000000217. The van der Waals surface area contributed by atoms with Gasteiger partial charge in [0.05, 0.1) is 16.3 Å². The average molecular weight is 739 g/mol. The van der Waals surface area contributed by atoms with Gasteiger partial charge in [0.15, 0.2) is 24.8 Å². The lowest BCUT2D eigenvalue weighted by Gasteiger charge is -2.59. The van der Waals surface area contributed by atoms with E-state index in [2.05, 4.69) is 102 Å². The van der Waals surface area contributed by atoms with Gasteiger partial charge in [-0.15, -0.1) is 0 Å².